The van der Waals surface area contributed by atoms with E-state index in [2.05, 4.69) is 40.3 Å². The molecule has 0 radical (unpaired) electrons. The predicted molar refractivity (Wildman–Crippen MR) is 74.3 cm³/mol. The van der Waals surface area contributed by atoms with Gasteiger partial charge < -0.3 is 10.1 Å². The normalized spacial score (nSPS) is 10.9. The molecule has 16 heavy (non-hydrogen) atoms. The monoisotopic (exact) mass is 305 g/mol. The molecule has 1 N–H and O–H groups in total. The standard InChI is InChI=1S/C12H20BrNOS/c1-2-3-9-15-10-8-14-7-6-11-4-5-12(13)16-11/h4-5,14H,2-3,6-10H2,1H3. The molecule has 0 fully saturated rings. The first-order valence-electron chi connectivity index (χ1n) is 5.85. The number of halogens is 1. The summed E-state index contributed by atoms with van der Waals surface area (Å²) in [6.45, 7) is 5.89. The largest absolute Gasteiger partial charge is 0.380 e. The Kier molecular flexibility index (Phi) is 8.11. The summed E-state index contributed by atoms with van der Waals surface area (Å²) in [6.07, 6.45) is 3.48. The molecule has 0 bridgehead atoms. The molecule has 0 aliphatic carbocycles. The van der Waals surface area contributed by atoms with Crippen LogP contribution < -0.4 is 5.32 Å². The van der Waals surface area contributed by atoms with Crippen LogP contribution in [0.2, 0.25) is 0 Å². The first-order chi connectivity index (χ1) is 7.83. The van der Waals surface area contributed by atoms with Gasteiger partial charge in [-0.1, -0.05) is 13.3 Å². The Balaban J connectivity index is 1.88. The molecule has 1 heterocycles. The molecule has 0 amide bonds. The summed E-state index contributed by atoms with van der Waals surface area (Å²) < 4.78 is 6.68. The minimum absolute atomic E-state index is 0.828. The lowest BCUT2D eigenvalue weighted by molar-refractivity contribution is 0.133. The molecular formula is C12H20BrNOS. The second kappa shape index (κ2) is 9.16. The van der Waals surface area contributed by atoms with Crippen molar-refractivity contribution in [1.82, 2.24) is 5.32 Å². The van der Waals surface area contributed by atoms with Crippen molar-refractivity contribution in [3.8, 4) is 0 Å². The number of nitrogens with one attached hydrogen (secondary N) is 1. The van der Waals surface area contributed by atoms with Crippen molar-refractivity contribution in [3.05, 3.63) is 20.8 Å². The predicted octanol–water partition coefficient (Wildman–Crippen LogP) is 3.46. The van der Waals surface area contributed by atoms with Crippen molar-refractivity contribution in [2.24, 2.45) is 0 Å². The maximum absolute atomic E-state index is 5.46. The highest BCUT2D eigenvalue weighted by Gasteiger charge is 1.96. The number of hydrogen-bond donors (Lipinski definition) is 1. The molecule has 0 unspecified atom stereocenters. The second-order valence-corrected chi connectivity index (χ2v) is 6.22. The smallest absolute Gasteiger partial charge is 0.0701 e. The third-order valence-electron chi connectivity index (χ3n) is 2.24. The molecule has 0 aliphatic heterocycles. The molecule has 0 aliphatic rings. The highest BCUT2D eigenvalue weighted by Crippen LogP contribution is 2.21. The van der Waals surface area contributed by atoms with Crippen LogP contribution in [-0.4, -0.2) is 26.3 Å². The number of thiophene rings is 1. The zero-order valence-corrected chi connectivity index (χ0v) is 12.2. The minimum Gasteiger partial charge on any atom is -0.380 e. The zero-order chi connectivity index (χ0) is 11.6. The molecule has 4 heteroatoms. The number of unbranched alkanes of at least 4 members (excludes halogenated alkanes) is 1. The molecule has 0 saturated carbocycles. The van der Waals surface area contributed by atoms with E-state index in [1.54, 1.807) is 0 Å². The Labute approximate surface area is 111 Å². The molecular weight excluding hydrogens is 286 g/mol. The van der Waals surface area contributed by atoms with Crippen LogP contribution in [0.3, 0.4) is 0 Å². The van der Waals surface area contributed by atoms with Gasteiger partial charge in [0, 0.05) is 24.6 Å². The van der Waals surface area contributed by atoms with E-state index in [-0.39, 0.29) is 0 Å². The maximum atomic E-state index is 5.46. The van der Waals surface area contributed by atoms with Gasteiger partial charge >= 0.3 is 0 Å². The lowest BCUT2D eigenvalue weighted by Crippen LogP contribution is -2.22. The fourth-order valence-electron chi connectivity index (χ4n) is 1.32. The van der Waals surface area contributed by atoms with Gasteiger partial charge in [-0.15, -0.1) is 11.3 Å². The Morgan fingerprint density at radius 3 is 2.88 bits per heavy atom. The van der Waals surface area contributed by atoms with Crippen LogP contribution in [-0.2, 0) is 11.2 Å². The van der Waals surface area contributed by atoms with Crippen LogP contribution in [0.15, 0.2) is 15.9 Å². The number of rotatable bonds is 9. The zero-order valence-electron chi connectivity index (χ0n) is 9.80. The molecule has 1 rings (SSSR count). The molecule has 0 spiro atoms. The molecule has 1 aromatic heterocycles. The highest BCUT2D eigenvalue weighted by atomic mass is 79.9. The molecule has 0 atom stereocenters. The third kappa shape index (κ3) is 6.63. The fourth-order valence-corrected chi connectivity index (χ4v) is 2.80. The van der Waals surface area contributed by atoms with Gasteiger partial charge in [-0.05, 0) is 40.9 Å². The van der Waals surface area contributed by atoms with Crippen molar-refractivity contribution in [3.63, 3.8) is 0 Å². The van der Waals surface area contributed by atoms with Crippen LogP contribution in [0.4, 0.5) is 0 Å². The van der Waals surface area contributed by atoms with E-state index in [0.717, 1.165) is 32.7 Å². The molecule has 1 aromatic rings. The average Bonchev–Trinajstić information content (AvgIpc) is 2.68. The van der Waals surface area contributed by atoms with Gasteiger partial charge in [0.25, 0.3) is 0 Å². The first kappa shape index (κ1) is 14.2. The summed E-state index contributed by atoms with van der Waals surface area (Å²) in [5.41, 5.74) is 0. The van der Waals surface area contributed by atoms with Gasteiger partial charge in [0.15, 0.2) is 0 Å². The topological polar surface area (TPSA) is 21.3 Å². The molecule has 2 nitrogen and oxygen atoms in total. The number of ether oxygens (including phenoxy) is 1. The van der Waals surface area contributed by atoms with Gasteiger partial charge in [0.2, 0.25) is 0 Å². The van der Waals surface area contributed by atoms with E-state index < -0.39 is 0 Å². The Morgan fingerprint density at radius 2 is 2.19 bits per heavy atom. The van der Waals surface area contributed by atoms with E-state index in [1.807, 2.05) is 11.3 Å². The number of hydrogen-bond acceptors (Lipinski definition) is 3. The molecule has 0 saturated heterocycles. The Hall–Kier alpha value is 0.1000. The van der Waals surface area contributed by atoms with Crippen molar-refractivity contribution >= 4 is 27.3 Å². The summed E-state index contributed by atoms with van der Waals surface area (Å²) in [7, 11) is 0. The van der Waals surface area contributed by atoms with Gasteiger partial charge in [-0.2, -0.15) is 0 Å². The summed E-state index contributed by atoms with van der Waals surface area (Å²) >= 11 is 5.28. The minimum atomic E-state index is 0.828. The van der Waals surface area contributed by atoms with Gasteiger partial charge in [0.1, 0.15) is 0 Å². The van der Waals surface area contributed by atoms with Crippen LogP contribution in [0.25, 0.3) is 0 Å². The van der Waals surface area contributed by atoms with Crippen LogP contribution in [0.1, 0.15) is 24.6 Å². The van der Waals surface area contributed by atoms with Crippen LogP contribution in [0.5, 0.6) is 0 Å². The lowest BCUT2D eigenvalue weighted by atomic mass is 10.3. The summed E-state index contributed by atoms with van der Waals surface area (Å²) in [4.78, 5) is 1.42. The van der Waals surface area contributed by atoms with Crippen molar-refractivity contribution in [2.45, 2.75) is 26.2 Å². The van der Waals surface area contributed by atoms with Crippen molar-refractivity contribution in [2.75, 3.05) is 26.3 Å². The summed E-state index contributed by atoms with van der Waals surface area (Å²) in [5, 5.41) is 3.39. The SMILES string of the molecule is CCCCOCCNCCc1ccc(Br)s1. The molecule has 0 aromatic carbocycles. The van der Waals surface area contributed by atoms with Gasteiger partial charge in [-0.3, -0.25) is 0 Å². The van der Waals surface area contributed by atoms with Gasteiger partial charge in [-0.25, -0.2) is 0 Å². The van der Waals surface area contributed by atoms with Crippen molar-refractivity contribution in [1.29, 1.82) is 0 Å². The first-order valence-corrected chi connectivity index (χ1v) is 7.46. The van der Waals surface area contributed by atoms with Crippen LogP contribution >= 0.6 is 27.3 Å². The van der Waals surface area contributed by atoms with E-state index in [4.69, 9.17) is 4.74 Å². The highest BCUT2D eigenvalue weighted by molar-refractivity contribution is 9.11. The quantitative estimate of drug-likeness (QED) is 0.706. The second-order valence-electron chi connectivity index (χ2n) is 3.67. The molecule has 92 valence electrons. The fraction of sp³-hybridized carbons (Fsp3) is 0.667. The van der Waals surface area contributed by atoms with Gasteiger partial charge in [0.05, 0.1) is 10.4 Å². The van der Waals surface area contributed by atoms with E-state index >= 15 is 0 Å². The summed E-state index contributed by atoms with van der Waals surface area (Å²) in [6, 6.07) is 4.28. The lowest BCUT2D eigenvalue weighted by Gasteiger charge is -2.04. The Bertz CT molecular complexity index is 278. The average molecular weight is 306 g/mol. The van der Waals surface area contributed by atoms with E-state index in [1.165, 1.54) is 21.5 Å². The maximum Gasteiger partial charge on any atom is 0.0701 e. The third-order valence-corrected chi connectivity index (χ3v) is 3.93. The van der Waals surface area contributed by atoms with E-state index in [0.29, 0.717) is 0 Å². The van der Waals surface area contributed by atoms with Crippen molar-refractivity contribution < 1.29 is 4.74 Å². The summed E-state index contributed by atoms with van der Waals surface area (Å²) in [5.74, 6) is 0. The van der Waals surface area contributed by atoms with Crippen LogP contribution in [0, 0.1) is 0 Å². The van der Waals surface area contributed by atoms with E-state index in [9.17, 15) is 0 Å². The Morgan fingerprint density at radius 1 is 1.31 bits per heavy atom.